The van der Waals surface area contributed by atoms with Crippen LogP contribution in [0.1, 0.15) is 18.2 Å². The van der Waals surface area contributed by atoms with Crippen LogP contribution in [0.4, 0.5) is 0 Å². The Balaban J connectivity index is 1.89. The maximum absolute atomic E-state index is 10.2. The molecule has 2 aromatic rings. The summed E-state index contributed by atoms with van der Waals surface area (Å²) in [5.74, 6) is 0.622. The lowest BCUT2D eigenvalue weighted by Crippen LogP contribution is -2.45. The number of aromatic nitrogens is 1. The minimum Gasteiger partial charge on any atom is -0.444 e. The number of nitrogens with one attached hydrogen (secondary N) is 1. The molecule has 120 valence electrons. The number of rotatable bonds is 7. The van der Waals surface area contributed by atoms with E-state index in [0.717, 1.165) is 11.3 Å². The average Bonchev–Trinajstić information content (AvgIpc) is 2.86. The quantitative estimate of drug-likeness (QED) is 0.820. The number of hydrogen-bond donors (Lipinski definition) is 2. The molecule has 0 bridgehead atoms. The molecule has 0 aliphatic heterocycles. The maximum Gasteiger partial charge on any atom is 0.226 e. The van der Waals surface area contributed by atoms with Crippen molar-refractivity contribution in [3.8, 4) is 11.5 Å². The maximum atomic E-state index is 10.2. The topological polar surface area (TPSA) is 61.5 Å². The predicted octanol–water partition coefficient (Wildman–Crippen LogP) is 2.05. The van der Waals surface area contributed by atoms with Crippen molar-refractivity contribution < 1.29 is 9.52 Å². The molecule has 0 saturated carbocycles. The Morgan fingerprint density at radius 1 is 1.27 bits per heavy atom. The Hall–Kier alpha value is -1.69. The van der Waals surface area contributed by atoms with Gasteiger partial charge in [0.1, 0.15) is 6.26 Å². The van der Waals surface area contributed by atoms with Crippen molar-refractivity contribution in [1.29, 1.82) is 0 Å². The smallest absolute Gasteiger partial charge is 0.226 e. The molecule has 2 rings (SSSR count). The van der Waals surface area contributed by atoms with Crippen LogP contribution in [0.5, 0.6) is 0 Å². The lowest BCUT2D eigenvalue weighted by molar-refractivity contribution is 0.0335. The zero-order chi connectivity index (χ0) is 16.2. The van der Waals surface area contributed by atoms with Gasteiger partial charge < -0.3 is 19.7 Å². The highest BCUT2D eigenvalue weighted by Crippen LogP contribution is 2.19. The Labute approximate surface area is 132 Å². The van der Waals surface area contributed by atoms with Crippen molar-refractivity contribution in [2.24, 2.45) is 0 Å². The van der Waals surface area contributed by atoms with Gasteiger partial charge in [0.25, 0.3) is 0 Å². The van der Waals surface area contributed by atoms with Gasteiger partial charge in [-0.15, -0.1) is 0 Å². The number of aryl methyl sites for hydroxylation is 1. The number of benzene rings is 1. The number of hydrogen-bond acceptors (Lipinski definition) is 5. The Bertz CT molecular complexity index is 588. The Morgan fingerprint density at radius 2 is 1.95 bits per heavy atom. The first-order chi connectivity index (χ1) is 10.4. The van der Waals surface area contributed by atoms with E-state index in [1.54, 1.807) is 6.26 Å². The lowest BCUT2D eigenvalue weighted by atomic mass is 10.1. The van der Waals surface area contributed by atoms with Crippen molar-refractivity contribution in [1.82, 2.24) is 15.2 Å². The molecule has 1 atom stereocenters. The van der Waals surface area contributed by atoms with Crippen LogP contribution in [-0.2, 0) is 6.54 Å². The molecule has 1 unspecified atom stereocenters. The molecule has 0 aliphatic carbocycles. The summed E-state index contributed by atoms with van der Waals surface area (Å²) in [6.07, 6.45) is 1.66. The molecule has 1 heterocycles. The predicted molar refractivity (Wildman–Crippen MR) is 87.6 cm³/mol. The third kappa shape index (κ3) is 4.94. The van der Waals surface area contributed by atoms with Gasteiger partial charge in [-0.1, -0.05) is 17.7 Å². The minimum atomic E-state index is -0.771. The fraction of sp³-hybridized carbons (Fsp3) is 0.471. The second kappa shape index (κ2) is 7.05. The van der Waals surface area contributed by atoms with Gasteiger partial charge in [-0.3, -0.25) is 0 Å². The first-order valence-electron chi connectivity index (χ1n) is 7.45. The molecule has 0 saturated heterocycles. The third-order valence-corrected chi connectivity index (χ3v) is 3.32. The molecule has 0 aliphatic rings. The molecule has 1 aromatic heterocycles. The van der Waals surface area contributed by atoms with Crippen LogP contribution in [0.3, 0.4) is 0 Å². The normalized spacial score (nSPS) is 14.3. The van der Waals surface area contributed by atoms with Gasteiger partial charge in [-0.25, -0.2) is 4.98 Å². The second-order valence-electron chi connectivity index (χ2n) is 6.35. The van der Waals surface area contributed by atoms with Gasteiger partial charge in [-0.05, 0) is 40.1 Å². The fourth-order valence-corrected chi connectivity index (χ4v) is 2.41. The number of nitrogens with zero attached hydrogens (tertiary/aromatic N) is 2. The van der Waals surface area contributed by atoms with E-state index in [2.05, 4.69) is 10.3 Å². The standard InChI is InChI=1S/C17H25N3O2/c1-13-5-7-14(8-6-13)16-19-15(10-22-16)9-18-11-17(2,21)12-20(3)4/h5-8,10,18,21H,9,11-12H2,1-4H3. The molecule has 1 aromatic carbocycles. The van der Waals surface area contributed by atoms with E-state index < -0.39 is 5.60 Å². The number of aliphatic hydroxyl groups is 1. The molecule has 0 radical (unpaired) electrons. The molecule has 5 nitrogen and oxygen atoms in total. The van der Waals surface area contributed by atoms with Gasteiger partial charge in [0.05, 0.1) is 11.3 Å². The van der Waals surface area contributed by atoms with Crippen LogP contribution in [-0.4, -0.2) is 47.8 Å². The molecule has 5 heteroatoms. The van der Waals surface area contributed by atoms with Crippen molar-refractivity contribution in [2.75, 3.05) is 27.2 Å². The fourth-order valence-electron chi connectivity index (χ4n) is 2.41. The first kappa shape index (κ1) is 16.7. The van der Waals surface area contributed by atoms with E-state index in [4.69, 9.17) is 4.42 Å². The minimum absolute atomic E-state index is 0.498. The van der Waals surface area contributed by atoms with E-state index in [-0.39, 0.29) is 0 Å². The van der Waals surface area contributed by atoms with Crippen LogP contribution in [0.25, 0.3) is 11.5 Å². The zero-order valence-corrected chi connectivity index (χ0v) is 13.8. The highest BCUT2D eigenvalue weighted by molar-refractivity contribution is 5.53. The lowest BCUT2D eigenvalue weighted by Gasteiger charge is -2.27. The van der Waals surface area contributed by atoms with Crippen molar-refractivity contribution in [3.63, 3.8) is 0 Å². The van der Waals surface area contributed by atoms with Crippen LogP contribution in [0.15, 0.2) is 34.9 Å². The van der Waals surface area contributed by atoms with E-state index in [1.165, 1.54) is 5.56 Å². The zero-order valence-electron chi connectivity index (χ0n) is 13.8. The van der Waals surface area contributed by atoms with E-state index in [1.807, 2.05) is 57.1 Å². The van der Waals surface area contributed by atoms with Gasteiger partial charge in [-0.2, -0.15) is 0 Å². The summed E-state index contributed by atoms with van der Waals surface area (Å²) in [4.78, 5) is 6.44. The largest absolute Gasteiger partial charge is 0.444 e. The molecule has 0 spiro atoms. The van der Waals surface area contributed by atoms with Crippen LogP contribution >= 0.6 is 0 Å². The summed E-state index contributed by atoms with van der Waals surface area (Å²) in [7, 11) is 3.89. The number of likely N-dealkylation sites (N-methyl/N-ethyl adjacent to an activating group) is 1. The molecule has 0 amide bonds. The molecular weight excluding hydrogens is 278 g/mol. The monoisotopic (exact) mass is 303 g/mol. The van der Waals surface area contributed by atoms with Crippen LogP contribution < -0.4 is 5.32 Å². The van der Waals surface area contributed by atoms with Gasteiger partial charge >= 0.3 is 0 Å². The Morgan fingerprint density at radius 3 is 2.59 bits per heavy atom. The summed E-state index contributed by atoms with van der Waals surface area (Å²) in [6.45, 7) is 5.54. The van der Waals surface area contributed by atoms with Gasteiger partial charge in [0.2, 0.25) is 5.89 Å². The summed E-state index contributed by atoms with van der Waals surface area (Å²) in [5, 5.41) is 13.4. The third-order valence-electron chi connectivity index (χ3n) is 3.32. The van der Waals surface area contributed by atoms with E-state index >= 15 is 0 Å². The second-order valence-corrected chi connectivity index (χ2v) is 6.35. The van der Waals surface area contributed by atoms with Crippen molar-refractivity contribution in [2.45, 2.75) is 26.0 Å². The van der Waals surface area contributed by atoms with Crippen LogP contribution in [0.2, 0.25) is 0 Å². The molecule has 2 N–H and O–H groups in total. The molecule has 0 fully saturated rings. The molecular formula is C17H25N3O2. The Kier molecular flexibility index (Phi) is 5.34. The first-order valence-corrected chi connectivity index (χ1v) is 7.45. The summed E-state index contributed by atoms with van der Waals surface area (Å²) < 4.78 is 5.52. The van der Waals surface area contributed by atoms with Crippen LogP contribution in [0, 0.1) is 6.92 Å². The highest BCUT2D eigenvalue weighted by atomic mass is 16.3. The number of oxazole rings is 1. The summed E-state index contributed by atoms with van der Waals surface area (Å²) in [5.41, 5.74) is 2.24. The SMILES string of the molecule is Cc1ccc(-c2nc(CNCC(C)(O)CN(C)C)co2)cc1. The average molecular weight is 303 g/mol. The summed E-state index contributed by atoms with van der Waals surface area (Å²) in [6, 6.07) is 8.08. The molecule has 22 heavy (non-hydrogen) atoms. The summed E-state index contributed by atoms with van der Waals surface area (Å²) >= 11 is 0. The van der Waals surface area contributed by atoms with Gasteiger partial charge in [0.15, 0.2) is 0 Å². The van der Waals surface area contributed by atoms with Crippen molar-refractivity contribution in [3.05, 3.63) is 41.8 Å². The highest BCUT2D eigenvalue weighted by Gasteiger charge is 2.20. The van der Waals surface area contributed by atoms with Crippen molar-refractivity contribution >= 4 is 0 Å². The van der Waals surface area contributed by atoms with E-state index in [9.17, 15) is 5.11 Å². The van der Waals surface area contributed by atoms with E-state index in [0.29, 0.717) is 25.5 Å². The van der Waals surface area contributed by atoms with Gasteiger partial charge in [0, 0.05) is 25.2 Å².